The molecule has 2 bridgehead atoms. The third kappa shape index (κ3) is 4.00. The molecule has 11 heteroatoms. The lowest BCUT2D eigenvalue weighted by Gasteiger charge is -2.61. The molecular weight excluding hydrogens is 496 g/mol. The van der Waals surface area contributed by atoms with Gasteiger partial charge in [0.1, 0.15) is 17.6 Å². The summed E-state index contributed by atoms with van der Waals surface area (Å²) < 4.78 is 17.3. The molecule has 0 aromatic heterocycles. The van der Waals surface area contributed by atoms with Crippen LogP contribution in [0.3, 0.4) is 0 Å². The van der Waals surface area contributed by atoms with Crippen LogP contribution < -0.4 is 10.5 Å². The number of piperidine rings is 1. The number of aliphatic hydroxyl groups is 2. The predicted molar refractivity (Wildman–Crippen MR) is 134 cm³/mol. The Hall–Kier alpha value is -2.99. The van der Waals surface area contributed by atoms with Gasteiger partial charge in [-0.3, -0.25) is 9.59 Å². The van der Waals surface area contributed by atoms with Crippen molar-refractivity contribution in [3.05, 3.63) is 40.7 Å². The van der Waals surface area contributed by atoms with Gasteiger partial charge in [-0.15, -0.1) is 0 Å². The molecule has 5 rings (SSSR count). The van der Waals surface area contributed by atoms with Crippen LogP contribution in [0.2, 0.25) is 0 Å². The van der Waals surface area contributed by atoms with Crippen molar-refractivity contribution in [2.24, 2.45) is 5.73 Å². The van der Waals surface area contributed by atoms with E-state index in [2.05, 4.69) is 4.90 Å². The van der Waals surface area contributed by atoms with E-state index in [1.165, 1.54) is 6.92 Å². The fraction of sp³-hybridized carbons (Fsp3) is 0.593. The number of carbonyl (C=O) groups excluding carboxylic acids is 2. The highest BCUT2D eigenvalue weighted by Gasteiger charge is 2.71. The minimum Gasteiger partial charge on any atom is -0.481 e. The van der Waals surface area contributed by atoms with Crippen LogP contribution in [0.15, 0.2) is 24.0 Å². The van der Waals surface area contributed by atoms with E-state index in [9.17, 15) is 24.6 Å². The van der Waals surface area contributed by atoms with Crippen molar-refractivity contribution in [2.75, 3.05) is 13.6 Å². The van der Waals surface area contributed by atoms with Gasteiger partial charge in [0.25, 0.3) is 0 Å². The number of carboxylic acids is 1. The number of hydrogen-bond acceptors (Lipinski definition) is 10. The minimum atomic E-state index is -1.25. The summed E-state index contributed by atoms with van der Waals surface area (Å²) in [6.45, 7) is 1.85. The van der Waals surface area contributed by atoms with Crippen molar-refractivity contribution < 1.29 is 43.9 Å². The van der Waals surface area contributed by atoms with E-state index in [0.29, 0.717) is 30.7 Å². The van der Waals surface area contributed by atoms with Gasteiger partial charge in [0, 0.05) is 30.0 Å². The van der Waals surface area contributed by atoms with Crippen LogP contribution in [0.1, 0.15) is 56.7 Å². The first-order valence-corrected chi connectivity index (χ1v) is 12.5. The predicted octanol–water partition coefficient (Wildman–Crippen LogP) is 0.760. The van der Waals surface area contributed by atoms with E-state index >= 15 is 0 Å². The average Bonchev–Trinajstić information content (AvgIpc) is 3.22. The molecule has 6 atom stereocenters. The Morgan fingerprint density at radius 1 is 1.32 bits per heavy atom. The SMILES string of the molecule is C.C[C@H](OC(=O)CC[C@H](N)C(=O)O)C(=O)OC1=CC[C@@]2(O)[C@H]3Cc4ccc(CO)c5c4[C@@]2(CCN3C)[C@H]1O5. The number of carbonyl (C=O) groups is 3. The number of nitrogens with two attached hydrogens (primary N) is 1. The van der Waals surface area contributed by atoms with Gasteiger partial charge >= 0.3 is 17.9 Å². The molecular formula is C27H36N2O9. The highest BCUT2D eigenvalue weighted by Crippen LogP contribution is 2.64. The molecule has 2 heterocycles. The molecule has 1 saturated heterocycles. The summed E-state index contributed by atoms with van der Waals surface area (Å²) in [6.07, 6.45) is 0.700. The van der Waals surface area contributed by atoms with Crippen LogP contribution in [0.25, 0.3) is 0 Å². The topological polar surface area (TPSA) is 169 Å². The average molecular weight is 533 g/mol. The van der Waals surface area contributed by atoms with Gasteiger partial charge in [-0.2, -0.15) is 0 Å². The number of carboxylic acid groups (broad SMARTS) is 1. The lowest BCUT2D eigenvalue weighted by molar-refractivity contribution is -0.175. The summed E-state index contributed by atoms with van der Waals surface area (Å²) in [5.41, 5.74) is 5.94. The van der Waals surface area contributed by atoms with Crippen molar-refractivity contribution in [3.63, 3.8) is 0 Å². The summed E-state index contributed by atoms with van der Waals surface area (Å²) in [7, 11) is 1.99. The summed E-state index contributed by atoms with van der Waals surface area (Å²) in [4.78, 5) is 38.0. The molecule has 0 radical (unpaired) electrons. The molecule has 1 aromatic rings. The van der Waals surface area contributed by atoms with Crippen LogP contribution in [0, 0.1) is 0 Å². The Balaban J connectivity index is 0.00000336. The first-order chi connectivity index (χ1) is 17.5. The highest BCUT2D eigenvalue weighted by atomic mass is 16.6. The Morgan fingerprint density at radius 2 is 2.05 bits per heavy atom. The van der Waals surface area contributed by atoms with Crippen molar-refractivity contribution in [1.82, 2.24) is 4.90 Å². The molecule has 1 fully saturated rings. The Bertz CT molecular complexity index is 1180. The molecule has 0 saturated carbocycles. The lowest BCUT2D eigenvalue weighted by atomic mass is 9.50. The largest absolute Gasteiger partial charge is 0.481 e. The second-order valence-electron chi connectivity index (χ2n) is 10.4. The number of esters is 2. The van der Waals surface area contributed by atoms with E-state index in [1.54, 1.807) is 6.08 Å². The molecule has 1 spiro atoms. The van der Waals surface area contributed by atoms with Crippen molar-refractivity contribution in [1.29, 1.82) is 0 Å². The number of benzene rings is 1. The number of ether oxygens (including phenoxy) is 3. The number of aliphatic carboxylic acids is 1. The zero-order chi connectivity index (χ0) is 26.7. The number of nitrogens with zero attached hydrogens (tertiary/aromatic N) is 1. The summed E-state index contributed by atoms with van der Waals surface area (Å²) in [6, 6.07) is 2.45. The first kappa shape index (κ1) is 28.0. The van der Waals surface area contributed by atoms with Crippen LogP contribution in [-0.2, 0) is 42.3 Å². The first-order valence-electron chi connectivity index (χ1n) is 12.5. The van der Waals surface area contributed by atoms with Crippen molar-refractivity contribution >= 4 is 17.9 Å². The molecule has 0 amide bonds. The normalized spacial score (nSPS) is 30.1. The fourth-order valence-corrected chi connectivity index (χ4v) is 6.53. The smallest absolute Gasteiger partial charge is 0.352 e. The molecule has 2 aliphatic carbocycles. The summed E-state index contributed by atoms with van der Waals surface area (Å²) >= 11 is 0. The molecule has 208 valence electrons. The second kappa shape index (κ2) is 9.96. The Labute approximate surface area is 221 Å². The van der Waals surface area contributed by atoms with Crippen molar-refractivity contribution in [2.45, 2.75) is 88.4 Å². The van der Waals surface area contributed by atoms with E-state index in [1.807, 2.05) is 19.2 Å². The van der Waals surface area contributed by atoms with Gasteiger partial charge in [-0.1, -0.05) is 19.6 Å². The second-order valence-corrected chi connectivity index (χ2v) is 10.4. The number of hydrogen-bond donors (Lipinski definition) is 4. The zero-order valence-electron chi connectivity index (χ0n) is 20.8. The van der Waals surface area contributed by atoms with Crippen LogP contribution in [-0.4, -0.2) is 81.6 Å². The van der Waals surface area contributed by atoms with Gasteiger partial charge in [0.15, 0.2) is 12.2 Å². The third-order valence-electron chi connectivity index (χ3n) is 8.46. The van der Waals surface area contributed by atoms with Crippen LogP contribution in [0.5, 0.6) is 5.75 Å². The highest BCUT2D eigenvalue weighted by molar-refractivity contribution is 5.80. The quantitative estimate of drug-likeness (QED) is 0.349. The molecule has 4 aliphatic rings. The fourth-order valence-electron chi connectivity index (χ4n) is 6.53. The molecule has 2 aliphatic heterocycles. The standard InChI is InChI=1S/C26H32N2O9.CH4/c1-13(35-19(30)6-5-16(27)23(31)32)24(33)36-17-7-8-26(34)18-11-14-3-4-15(12-29)21-20(14)25(26,22(17)37-21)9-10-28(18)2;/h3-4,7,13,16,18,22,29,34H,5-6,8-12,27H2,1-2H3,(H,31,32);1H4/t13-,16-,18+,22-,25-,26+;/m0./s1. The van der Waals surface area contributed by atoms with E-state index in [0.717, 1.165) is 11.1 Å². The zero-order valence-corrected chi connectivity index (χ0v) is 20.8. The van der Waals surface area contributed by atoms with Crippen molar-refractivity contribution in [3.8, 4) is 5.75 Å². The van der Waals surface area contributed by atoms with Gasteiger partial charge < -0.3 is 40.2 Å². The van der Waals surface area contributed by atoms with E-state index < -0.39 is 47.2 Å². The number of aliphatic hydroxyl groups excluding tert-OH is 1. The number of rotatable bonds is 8. The van der Waals surface area contributed by atoms with E-state index in [4.69, 9.17) is 25.1 Å². The molecule has 1 aromatic carbocycles. The third-order valence-corrected chi connectivity index (χ3v) is 8.46. The van der Waals surface area contributed by atoms with Gasteiger partial charge in [0.2, 0.25) is 0 Å². The lowest BCUT2D eigenvalue weighted by Crippen LogP contribution is -2.74. The van der Waals surface area contributed by atoms with Gasteiger partial charge in [-0.25, -0.2) is 4.79 Å². The van der Waals surface area contributed by atoms with Crippen LogP contribution in [0.4, 0.5) is 0 Å². The van der Waals surface area contributed by atoms with Gasteiger partial charge in [0.05, 0.1) is 17.6 Å². The van der Waals surface area contributed by atoms with Crippen LogP contribution >= 0.6 is 0 Å². The maximum atomic E-state index is 12.9. The molecule has 5 N–H and O–H groups in total. The molecule has 11 nitrogen and oxygen atoms in total. The Morgan fingerprint density at radius 3 is 2.74 bits per heavy atom. The number of likely N-dealkylation sites (tertiary alicyclic amines) is 1. The van der Waals surface area contributed by atoms with Gasteiger partial charge in [-0.05, 0) is 51.4 Å². The number of likely N-dealkylation sites (N-methyl/N-ethyl adjacent to an activating group) is 1. The monoisotopic (exact) mass is 532 g/mol. The molecule has 38 heavy (non-hydrogen) atoms. The summed E-state index contributed by atoms with van der Waals surface area (Å²) in [5, 5.41) is 31.0. The Kier molecular flexibility index (Phi) is 7.34. The summed E-state index contributed by atoms with van der Waals surface area (Å²) in [5.74, 6) is -2.04. The maximum absolute atomic E-state index is 12.9. The maximum Gasteiger partial charge on any atom is 0.352 e. The molecule has 0 unspecified atom stereocenters. The minimum absolute atomic E-state index is 0. The van der Waals surface area contributed by atoms with E-state index in [-0.39, 0.29) is 45.1 Å².